The first kappa shape index (κ1) is 26.8. The molecule has 2 saturated heterocycles. The lowest BCUT2D eigenvalue weighted by atomic mass is 9.89. The second-order valence-electron chi connectivity index (χ2n) is 8.32. The topological polar surface area (TPSA) is 102 Å². The Hall–Kier alpha value is -2.28. The van der Waals surface area contributed by atoms with Crippen molar-refractivity contribution in [2.75, 3.05) is 13.2 Å². The van der Waals surface area contributed by atoms with Crippen molar-refractivity contribution in [2.45, 2.75) is 78.4 Å². The summed E-state index contributed by atoms with van der Waals surface area (Å²) in [5, 5.41) is 17.8. The number of carbonyl (C=O) groups is 2. The summed E-state index contributed by atoms with van der Waals surface area (Å²) in [6.07, 6.45) is 5.74. The van der Waals surface area contributed by atoms with Crippen LogP contribution in [0.15, 0.2) is 24.3 Å². The van der Waals surface area contributed by atoms with Crippen molar-refractivity contribution in [2.24, 2.45) is 11.8 Å². The van der Waals surface area contributed by atoms with E-state index in [2.05, 4.69) is 21.1 Å². The van der Waals surface area contributed by atoms with Gasteiger partial charge in [0.2, 0.25) is 0 Å². The molecule has 7 nitrogen and oxygen atoms in total. The Morgan fingerprint density at radius 3 is 1.87 bits per heavy atom. The summed E-state index contributed by atoms with van der Waals surface area (Å²) in [7, 11) is 0. The van der Waals surface area contributed by atoms with Gasteiger partial charge in [0.15, 0.2) is 0 Å². The van der Waals surface area contributed by atoms with Crippen LogP contribution in [-0.2, 0) is 19.0 Å². The number of aromatic hydroxyl groups is 1. The van der Waals surface area contributed by atoms with E-state index in [1.54, 1.807) is 12.1 Å². The fourth-order valence-corrected chi connectivity index (χ4v) is 2.95. The highest BCUT2D eigenvalue weighted by Gasteiger charge is 2.22. The van der Waals surface area contributed by atoms with Crippen LogP contribution in [0.1, 0.15) is 64.9 Å². The fourth-order valence-electron chi connectivity index (χ4n) is 2.95. The lowest BCUT2D eigenvalue weighted by Crippen LogP contribution is -2.15. The van der Waals surface area contributed by atoms with Crippen LogP contribution in [0.4, 0.5) is 4.79 Å². The summed E-state index contributed by atoms with van der Waals surface area (Å²) >= 11 is 0. The van der Waals surface area contributed by atoms with E-state index in [0.29, 0.717) is 19.0 Å². The number of ether oxygens (including phenoxy) is 3. The molecule has 0 aromatic heterocycles. The van der Waals surface area contributed by atoms with Crippen molar-refractivity contribution in [1.82, 2.24) is 0 Å². The van der Waals surface area contributed by atoms with Crippen LogP contribution in [0.3, 0.4) is 0 Å². The number of phenols is 1. The molecule has 4 rings (SSSR count). The van der Waals surface area contributed by atoms with E-state index < -0.39 is 6.16 Å². The molecule has 0 bridgehead atoms. The number of rotatable bonds is 1. The average Bonchev–Trinajstić information content (AvgIpc) is 3.35. The van der Waals surface area contributed by atoms with E-state index in [4.69, 9.17) is 10.2 Å². The van der Waals surface area contributed by atoms with Gasteiger partial charge in [-0.3, -0.25) is 4.79 Å². The number of aliphatic hydroxyl groups excluding tert-OH is 1. The largest absolute Gasteiger partial charge is 0.508 e. The third kappa shape index (κ3) is 12.2. The number of aliphatic hydroxyl groups is 1. The normalized spacial score (nSPS) is 26.5. The van der Waals surface area contributed by atoms with Gasteiger partial charge >= 0.3 is 12.1 Å². The van der Waals surface area contributed by atoms with Crippen LogP contribution in [0.5, 0.6) is 5.75 Å². The highest BCUT2D eigenvalue weighted by Crippen LogP contribution is 2.22. The highest BCUT2D eigenvalue weighted by atomic mass is 16.8. The molecule has 7 heteroatoms. The Kier molecular flexibility index (Phi) is 12.7. The highest BCUT2D eigenvalue weighted by molar-refractivity contribution is 5.73. The smallest absolute Gasteiger partial charge is 0.508 e. The van der Waals surface area contributed by atoms with Gasteiger partial charge < -0.3 is 24.4 Å². The maximum atomic E-state index is 10.4. The van der Waals surface area contributed by atoms with Gasteiger partial charge in [0.1, 0.15) is 18.5 Å². The van der Waals surface area contributed by atoms with E-state index in [-0.39, 0.29) is 24.1 Å². The maximum Gasteiger partial charge on any atom is 0.508 e. The summed E-state index contributed by atoms with van der Waals surface area (Å²) in [6, 6.07) is 7.09. The molecule has 2 aliphatic heterocycles. The molecule has 2 heterocycles. The molecular weight excluding hydrogens is 400 g/mol. The number of esters is 1. The van der Waals surface area contributed by atoms with Crippen molar-refractivity contribution in [1.29, 1.82) is 0 Å². The van der Waals surface area contributed by atoms with Gasteiger partial charge in [0.25, 0.3) is 0 Å². The molecule has 1 aromatic carbocycles. The number of hydrogen-bond acceptors (Lipinski definition) is 7. The first-order valence-electron chi connectivity index (χ1n) is 11.1. The third-order valence-electron chi connectivity index (χ3n) is 5.32. The van der Waals surface area contributed by atoms with Gasteiger partial charge in [0.05, 0.1) is 18.6 Å². The molecule has 2 N–H and O–H groups in total. The van der Waals surface area contributed by atoms with Gasteiger partial charge in [-0.05, 0) is 63.5 Å². The Balaban J connectivity index is 0.000000207. The van der Waals surface area contributed by atoms with Crippen LogP contribution < -0.4 is 0 Å². The number of carbonyl (C=O) groups excluding carboxylic acids is 2. The van der Waals surface area contributed by atoms with Crippen LogP contribution >= 0.6 is 0 Å². The summed E-state index contributed by atoms with van der Waals surface area (Å²) in [6.45, 7) is 9.13. The number of hydrogen-bond donors (Lipinski definition) is 2. The van der Waals surface area contributed by atoms with Crippen LogP contribution in [0, 0.1) is 18.8 Å². The first-order valence-corrected chi connectivity index (χ1v) is 11.1. The van der Waals surface area contributed by atoms with Crippen molar-refractivity contribution in [3.63, 3.8) is 0 Å². The van der Waals surface area contributed by atoms with Crippen molar-refractivity contribution < 1.29 is 34.0 Å². The second-order valence-corrected chi connectivity index (χ2v) is 8.32. The second kappa shape index (κ2) is 14.7. The van der Waals surface area contributed by atoms with E-state index in [1.807, 2.05) is 32.9 Å². The van der Waals surface area contributed by atoms with Crippen molar-refractivity contribution >= 4 is 12.1 Å². The molecule has 0 spiro atoms. The predicted octanol–water partition coefficient (Wildman–Crippen LogP) is 4.76. The molecule has 3 aliphatic rings. The SMILES string of the molecule is CC1CCC(O)CC1.CC1CCOC1=O.CCC1COC(=O)O1.Cc1ccc(O)cc1. The molecule has 31 heavy (non-hydrogen) atoms. The minimum absolute atomic E-state index is 0.00231. The maximum absolute atomic E-state index is 10.4. The zero-order valence-electron chi connectivity index (χ0n) is 19.2. The zero-order valence-corrected chi connectivity index (χ0v) is 19.2. The molecule has 0 amide bonds. The molecule has 2 atom stereocenters. The summed E-state index contributed by atoms with van der Waals surface area (Å²) in [5.74, 6) is 1.30. The average molecular weight is 439 g/mol. The quantitative estimate of drug-likeness (QED) is 0.610. The summed E-state index contributed by atoms with van der Waals surface area (Å²) < 4.78 is 13.8. The number of cyclic esters (lactones) is 3. The molecule has 2 unspecified atom stereocenters. The van der Waals surface area contributed by atoms with Gasteiger partial charge in [-0.1, -0.05) is 38.5 Å². The predicted molar refractivity (Wildman–Crippen MR) is 118 cm³/mol. The van der Waals surface area contributed by atoms with Crippen LogP contribution in [-0.4, -0.2) is 47.8 Å². The Morgan fingerprint density at radius 2 is 1.58 bits per heavy atom. The number of aryl methyl sites for hydroxylation is 1. The van der Waals surface area contributed by atoms with Crippen molar-refractivity contribution in [3.8, 4) is 5.75 Å². The van der Waals surface area contributed by atoms with E-state index in [0.717, 1.165) is 31.6 Å². The lowest BCUT2D eigenvalue weighted by Gasteiger charge is -2.21. The minimum Gasteiger partial charge on any atom is -0.508 e. The van der Waals surface area contributed by atoms with Crippen LogP contribution in [0.2, 0.25) is 0 Å². The third-order valence-corrected chi connectivity index (χ3v) is 5.32. The van der Waals surface area contributed by atoms with E-state index >= 15 is 0 Å². The standard InChI is InChI=1S/C7H14O.C7H8O.C5H8O3.C5H8O2/c2*1-6-2-4-7(8)5-3-6;1-2-4-3-7-5(6)8-4;1-4-2-3-7-5(4)6/h6-8H,2-5H2,1H3;2-5,8H,1H3;4H,2-3H2,1H3;4H,2-3H2,1H3. The monoisotopic (exact) mass is 438 g/mol. The molecular formula is C24H38O7. The fraction of sp³-hybridized carbons (Fsp3) is 0.667. The Morgan fingerprint density at radius 1 is 0.968 bits per heavy atom. The molecule has 1 aromatic rings. The molecule has 1 saturated carbocycles. The minimum atomic E-state index is -0.531. The molecule has 0 radical (unpaired) electrons. The van der Waals surface area contributed by atoms with E-state index in [1.165, 1.54) is 18.4 Å². The van der Waals surface area contributed by atoms with E-state index in [9.17, 15) is 9.59 Å². The zero-order chi connectivity index (χ0) is 23.2. The molecule has 3 fully saturated rings. The Bertz CT molecular complexity index is 605. The molecule has 1 aliphatic carbocycles. The van der Waals surface area contributed by atoms with Gasteiger partial charge in [-0.25, -0.2) is 4.79 Å². The summed E-state index contributed by atoms with van der Waals surface area (Å²) in [4.78, 5) is 20.5. The number of benzene rings is 1. The lowest BCUT2D eigenvalue weighted by molar-refractivity contribution is -0.140. The van der Waals surface area contributed by atoms with Gasteiger partial charge in [0, 0.05) is 0 Å². The Labute approximate surface area is 185 Å². The summed E-state index contributed by atoms with van der Waals surface area (Å²) in [5.41, 5.74) is 1.17. The van der Waals surface area contributed by atoms with Gasteiger partial charge in [-0.2, -0.15) is 0 Å². The first-order chi connectivity index (χ1) is 14.7. The van der Waals surface area contributed by atoms with Crippen LogP contribution in [0.25, 0.3) is 0 Å². The number of phenolic OH excluding ortho intramolecular Hbond substituents is 1. The van der Waals surface area contributed by atoms with Gasteiger partial charge in [-0.15, -0.1) is 0 Å². The van der Waals surface area contributed by atoms with Crippen molar-refractivity contribution in [3.05, 3.63) is 29.8 Å². The molecule has 176 valence electrons.